The van der Waals surface area contributed by atoms with E-state index in [1.807, 2.05) is 6.07 Å². The average Bonchev–Trinajstić information content (AvgIpc) is 3.16. The first-order valence-corrected chi connectivity index (χ1v) is 10.7. The fourth-order valence-electron chi connectivity index (χ4n) is 4.29. The number of rotatable bonds is 7. The Labute approximate surface area is 166 Å². The van der Waals surface area contributed by atoms with Crippen molar-refractivity contribution in [1.29, 1.82) is 0 Å². The molecule has 0 aromatic carbocycles. The third kappa shape index (κ3) is 4.82. The van der Waals surface area contributed by atoms with Crippen LogP contribution in [0.3, 0.4) is 0 Å². The van der Waals surface area contributed by atoms with Crippen molar-refractivity contribution in [2.75, 3.05) is 25.1 Å². The third-order valence-electron chi connectivity index (χ3n) is 6.02. The minimum absolute atomic E-state index is 0.0971. The Morgan fingerprint density at radius 3 is 2.82 bits per heavy atom. The zero-order valence-electron chi connectivity index (χ0n) is 16.5. The Kier molecular flexibility index (Phi) is 6.41. The fraction of sp³-hybridized carbons (Fsp3) is 0.667. The lowest BCUT2D eigenvalue weighted by molar-refractivity contribution is -0.121. The maximum Gasteiger partial charge on any atom is 0.220 e. The van der Waals surface area contributed by atoms with E-state index in [-0.39, 0.29) is 5.91 Å². The van der Waals surface area contributed by atoms with Crippen LogP contribution in [0.1, 0.15) is 57.1 Å². The van der Waals surface area contributed by atoms with Gasteiger partial charge in [0.1, 0.15) is 5.82 Å². The van der Waals surface area contributed by atoms with Crippen molar-refractivity contribution in [2.45, 2.75) is 63.8 Å². The second-order valence-corrected chi connectivity index (χ2v) is 8.09. The Morgan fingerprint density at radius 1 is 1.18 bits per heavy atom. The van der Waals surface area contributed by atoms with Crippen molar-refractivity contribution in [1.82, 2.24) is 20.5 Å². The van der Waals surface area contributed by atoms with Gasteiger partial charge >= 0.3 is 0 Å². The van der Waals surface area contributed by atoms with Gasteiger partial charge in [-0.1, -0.05) is 19.3 Å². The predicted molar refractivity (Wildman–Crippen MR) is 109 cm³/mol. The molecule has 4 rings (SSSR count). The highest BCUT2D eigenvalue weighted by molar-refractivity contribution is 5.92. The van der Waals surface area contributed by atoms with Gasteiger partial charge in [-0.15, -0.1) is 0 Å². The topological polar surface area (TPSA) is 91.9 Å². The highest BCUT2D eigenvalue weighted by Gasteiger charge is 2.18. The quantitative estimate of drug-likeness (QED) is 0.681. The van der Waals surface area contributed by atoms with Crippen LogP contribution < -0.4 is 10.6 Å². The maximum atomic E-state index is 12.3. The molecule has 0 spiro atoms. The maximum absolute atomic E-state index is 12.3. The van der Waals surface area contributed by atoms with E-state index in [2.05, 4.69) is 25.8 Å². The lowest BCUT2D eigenvalue weighted by Gasteiger charge is -2.23. The summed E-state index contributed by atoms with van der Waals surface area (Å²) in [5.41, 5.74) is 1.90. The van der Waals surface area contributed by atoms with Crippen LogP contribution in [0.2, 0.25) is 0 Å². The Bertz CT molecular complexity index is 778. The van der Waals surface area contributed by atoms with Crippen molar-refractivity contribution >= 4 is 22.6 Å². The molecule has 7 heteroatoms. The number of aryl methyl sites for hydroxylation is 1. The van der Waals surface area contributed by atoms with Crippen LogP contribution in [0.4, 0.5) is 5.82 Å². The number of pyridine rings is 1. The van der Waals surface area contributed by atoms with Crippen LogP contribution >= 0.6 is 0 Å². The van der Waals surface area contributed by atoms with E-state index in [0.29, 0.717) is 24.8 Å². The molecule has 1 saturated carbocycles. The van der Waals surface area contributed by atoms with Crippen LogP contribution in [-0.2, 0) is 16.0 Å². The van der Waals surface area contributed by atoms with Gasteiger partial charge in [0, 0.05) is 44.1 Å². The Hall–Kier alpha value is -2.15. The molecular weight excluding hydrogens is 354 g/mol. The van der Waals surface area contributed by atoms with E-state index in [1.54, 1.807) is 6.20 Å². The van der Waals surface area contributed by atoms with Gasteiger partial charge in [0.25, 0.3) is 0 Å². The number of nitrogens with one attached hydrogen (secondary N) is 3. The molecule has 2 aromatic heterocycles. The van der Waals surface area contributed by atoms with Crippen molar-refractivity contribution < 1.29 is 9.53 Å². The van der Waals surface area contributed by atoms with E-state index < -0.39 is 0 Å². The number of H-pyrrole nitrogens is 1. The summed E-state index contributed by atoms with van der Waals surface area (Å²) in [6.45, 7) is 2.37. The van der Waals surface area contributed by atoms with Crippen molar-refractivity contribution in [3.05, 3.63) is 18.0 Å². The normalized spacial score (nSPS) is 19.0. The monoisotopic (exact) mass is 385 g/mol. The van der Waals surface area contributed by atoms with Crippen LogP contribution in [-0.4, -0.2) is 46.9 Å². The number of nitrogens with zero attached hydrogens (tertiary/aromatic N) is 2. The van der Waals surface area contributed by atoms with E-state index in [9.17, 15) is 4.79 Å². The molecule has 28 heavy (non-hydrogen) atoms. The highest BCUT2D eigenvalue weighted by Crippen LogP contribution is 2.27. The Morgan fingerprint density at radius 2 is 2.00 bits per heavy atom. The van der Waals surface area contributed by atoms with Gasteiger partial charge in [-0.3, -0.25) is 9.89 Å². The number of aromatic amines is 1. The lowest BCUT2D eigenvalue weighted by Crippen LogP contribution is -2.32. The summed E-state index contributed by atoms with van der Waals surface area (Å²) in [5.74, 6) is 1.54. The highest BCUT2D eigenvalue weighted by atomic mass is 16.5. The van der Waals surface area contributed by atoms with Crippen molar-refractivity contribution in [2.24, 2.45) is 5.92 Å². The second kappa shape index (κ2) is 9.37. The molecule has 3 N–H and O–H groups in total. The van der Waals surface area contributed by atoms with Crippen molar-refractivity contribution in [3.8, 4) is 0 Å². The second-order valence-electron chi connectivity index (χ2n) is 8.09. The minimum atomic E-state index is 0.0971. The molecule has 3 heterocycles. The minimum Gasteiger partial charge on any atom is -0.381 e. The summed E-state index contributed by atoms with van der Waals surface area (Å²) in [6.07, 6.45) is 11.2. The zero-order valence-corrected chi connectivity index (χ0v) is 16.5. The molecule has 152 valence electrons. The van der Waals surface area contributed by atoms with Gasteiger partial charge in [0.15, 0.2) is 0 Å². The summed E-state index contributed by atoms with van der Waals surface area (Å²) in [6, 6.07) is 2.41. The molecule has 0 atom stereocenters. The molecule has 1 aliphatic heterocycles. The number of hydrogen-bond donors (Lipinski definition) is 3. The number of ether oxygens (including phenoxy) is 1. The number of carbonyl (C=O) groups excluding carboxylic acids is 1. The lowest BCUT2D eigenvalue weighted by atomic mass is 9.95. The number of carbonyl (C=O) groups is 1. The van der Waals surface area contributed by atoms with Gasteiger partial charge < -0.3 is 15.4 Å². The number of anilines is 1. The van der Waals surface area contributed by atoms with Crippen molar-refractivity contribution in [3.63, 3.8) is 0 Å². The summed E-state index contributed by atoms with van der Waals surface area (Å²) < 4.78 is 5.37. The molecule has 2 aromatic rings. The number of aromatic nitrogens is 3. The van der Waals surface area contributed by atoms with E-state index in [0.717, 1.165) is 55.0 Å². The summed E-state index contributed by atoms with van der Waals surface area (Å²) in [4.78, 5) is 16.9. The molecule has 0 bridgehead atoms. The molecule has 7 nitrogen and oxygen atoms in total. The van der Waals surface area contributed by atoms with E-state index in [1.165, 1.54) is 32.1 Å². The molecule has 1 amide bonds. The summed E-state index contributed by atoms with van der Waals surface area (Å²) >= 11 is 0. The fourth-order valence-corrected chi connectivity index (χ4v) is 4.29. The molecule has 2 aliphatic rings. The molecule has 0 unspecified atom stereocenters. The van der Waals surface area contributed by atoms with Gasteiger partial charge in [-0.05, 0) is 44.1 Å². The first-order valence-electron chi connectivity index (χ1n) is 10.7. The number of fused-ring (bicyclic) bond motifs is 1. The first-order chi connectivity index (χ1) is 13.8. The Balaban J connectivity index is 1.36. The molecule has 1 saturated heterocycles. The summed E-state index contributed by atoms with van der Waals surface area (Å²) in [7, 11) is 0. The first kappa shape index (κ1) is 19.2. The van der Waals surface area contributed by atoms with Gasteiger partial charge in [0.05, 0.1) is 10.9 Å². The largest absolute Gasteiger partial charge is 0.381 e. The SMILES string of the molecule is O=C(CCc1[nH]nc2ccnc(NC3CCCCC3)c12)NCC1CCOCC1. The molecule has 0 radical (unpaired) electrons. The zero-order chi connectivity index (χ0) is 19.2. The number of hydrogen-bond acceptors (Lipinski definition) is 5. The van der Waals surface area contributed by atoms with Gasteiger partial charge in [-0.25, -0.2) is 4.98 Å². The third-order valence-corrected chi connectivity index (χ3v) is 6.02. The average molecular weight is 386 g/mol. The van der Waals surface area contributed by atoms with Crippen LogP contribution in [0.15, 0.2) is 12.3 Å². The standard InChI is InChI=1S/C21H31N5O2/c27-19(23-14-15-9-12-28-13-10-15)7-6-17-20-18(26-25-17)8-11-22-21(20)24-16-4-2-1-3-5-16/h8,11,15-16H,1-7,9-10,12-14H2,(H,22,24)(H,23,27)(H,25,26). The van der Waals surface area contributed by atoms with Crippen LogP contribution in [0.25, 0.3) is 10.9 Å². The number of amides is 1. The smallest absolute Gasteiger partial charge is 0.220 e. The van der Waals surface area contributed by atoms with Gasteiger partial charge in [0.2, 0.25) is 5.91 Å². The van der Waals surface area contributed by atoms with E-state index >= 15 is 0 Å². The van der Waals surface area contributed by atoms with Gasteiger partial charge in [-0.2, -0.15) is 5.10 Å². The summed E-state index contributed by atoms with van der Waals surface area (Å²) in [5, 5.41) is 15.3. The molecule has 2 fully saturated rings. The molecular formula is C21H31N5O2. The predicted octanol–water partition coefficient (Wildman–Crippen LogP) is 3.18. The molecule has 1 aliphatic carbocycles. The van der Waals surface area contributed by atoms with E-state index in [4.69, 9.17) is 4.74 Å². The van der Waals surface area contributed by atoms with Crippen LogP contribution in [0.5, 0.6) is 0 Å². The van der Waals surface area contributed by atoms with Crippen LogP contribution in [0, 0.1) is 5.92 Å².